The molecule has 5 heterocycles. The third-order valence-corrected chi connectivity index (χ3v) is 9.85. The Kier molecular flexibility index (Phi) is 10.1. The highest BCUT2D eigenvalue weighted by molar-refractivity contribution is 7.61. The number of allylic oxidation sites excluding steroid dienone is 1. The van der Waals surface area contributed by atoms with Crippen molar-refractivity contribution >= 4 is 44.5 Å². The van der Waals surface area contributed by atoms with E-state index in [1.165, 1.54) is 23.4 Å². The van der Waals surface area contributed by atoms with Gasteiger partial charge in [0.15, 0.2) is 30.0 Å². The van der Waals surface area contributed by atoms with Crippen molar-refractivity contribution in [1.82, 2.24) is 24.4 Å². The minimum Gasteiger partial charge on any atom is -0.428 e. The lowest BCUT2D eigenvalue weighted by atomic mass is 10.1. The van der Waals surface area contributed by atoms with Gasteiger partial charge in [-0.2, -0.15) is 4.31 Å². The van der Waals surface area contributed by atoms with Crippen molar-refractivity contribution in [3.63, 3.8) is 0 Å². The predicted molar refractivity (Wildman–Crippen MR) is 153 cm³/mol. The number of aliphatic hydroxyl groups is 4. The summed E-state index contributed by atoms with van der Waals surface area (Å²) < 4.78 is 56.3. The van der Waals surface area contributed by atoms with E-state index in [-0.39, 0.29) is 29.0 Å². The van der Waals surface area contributed by atoms with Crippen LogP contribution < -0.4 is 11.5 Å². The van der Waals surface area contributed by atoms with Crippen LogP contribution in [0.2, 0.25) is 0 Å². The van der Waals surface area contributed by atoms with Gasteiger partial charge in [0.2, 0.25) is 5.91 Å². The second-order valence-electron chi connectivity index (χ2n) is 10.6. The maximum Gasteiger partial charge on any atom is 0.481 e. The number of anilines is 1. The van der Waals surface area contributed by atoms with Crippen LogP contribution in [0.15, 0.2) is 36.7 Å². The highest BCUT2D eigenvalue weighted by Gasteiger charge is 2.59. The number of hydrogen-bond acceptors (Lipinski definition) is 19. The van der Waals surface area contributed by atoms with E-state index in [1.807, 2.05) is 0 Å². The van der Waals surface area contributed by atoms with Gasteiger partial charge in [0.1, 0.15) is 42.9 Å². The van der Waals surface area contributed by atoms with E-state index in [4.69, 9.17) is 34.7 Å². The molecule has 3 aliphatic rings. The fraction of sp³-hybridized carbons (Fsp3) is 0.522. The van der Waals surface area contributed by atoms with E-state index in [0.29, 0.717) is 0 Å². The van der Waals surface area contributed by atoms with Crippen LogP contribution in [-0.4, -0.2) is 122 Å². The van der Waals surface area contributed by atoms with E-state index in [9.17, 15) is 48.9 Å². The van der Waals surface area contributed by atoms with Gasteiger partial charge in [-0.15, -0.1) is 0 Å². The lowest BCUT2D eigenvalue weighted by Crippen LogP contribution is -2.50. The molecule has 5 rings (SSSR count). The lowest BCUT2D eigenvalue weighted by molar-refractivity contribution is -0.266. The van der Waals surface area contributed by atoms with Crippen LogP contribution >= 0.6 is 15.6 Å². The molecule has 0 saturated carbocycles. The molecule has 2 aromatic rings. The van der Waals surface area contributed by atoms with E-state index < -0.39 is 89.5 Å². The SMILES string of the molecule is CC(=O)O[C@@]1(COP(=O)(O)OP(=O)(O)OC[C@H]2O[C@@H](N3C=CCC(C(N)=O)=C3)[C@H](O)[C@@H]2O)O[C@@H](n2cnc3c(N)ncnc32)[C@H](O)[C@@H]1O. The average molecular weight is 723 g/mol. The minimum absolute atomic E-state index is 0.0299. The van der Waals surface area contributed by atoms with Gasteiger partial charge >= 0.3 is 21.6 Å². The number of aliphatic hydroxyl groups excluding tert-OH is 4. The number of nitrogen functional groups attached to an aromatic ring is 1. The van der Waals surface area contributed by atoms with E-state index in [1.54, 1.807) is 0 Å². The van der Waals surface area contributed by atoms with Crippen molar-refractivity contribution in [2.75, 3.05) is 18.9 Å². The first kappa shape index (κ1) is 35.9. The highest BCUT2D eigenvalue weighted by atomic mass is 31.3. The van der Waals surface area contributed by atoms with Crippen molar-refractivity contribution in [1.29, 1.82) is 0 Å². The smallest absolute Gasteiger partial charge is 0.428 e. The molecule has 2 fully saturated rings. The van der Waals surface area contributed by atoms with Gasteiger partial charge in [-0.25, -0.2) is 24.1 Å². The van der Waals surface area contributed by atoms with Crippen molar-refractivity contribution < 1.29 is 76.5 Å². The lowest BCUT2D eigenvalue weighted by Gasteiger charge is -2.31. The molecule has 25 heteroatoms. The number of carbonyl (C=O) groups excluding carboxylic acids is 2. The quantitative estimate of drug-likeness (QED) is 0.0810. The first-order valence-corrected chi connectivity index (χ1v) is 16.7. The van der Waals surface area contributed by atoms with Gasteiger partial charge in [-0.1, -0.05) is 6.08 Å². The number of hydrogen-bond donors (Lipinski definition) is 8. The standard InChI is InChI=1S/C23H31N7O16P2/c1-10(31)44-23(17(35)16(34)22(45-23)30-9-28-13-18(24)26-8-27-20(13)30)7-42-48(39,40)46-47(37,38)41-6-12-14(32)15(33)21(43-12)29-4-2-3-11(5-29)19(25)36/h2,4-5,8-9,12,14-17,21-22,32-35H,3,6-7H2,1H3,(H2,25,36)(H,37,38)(H,39,40)(H2,24,26,27)/t12-,14-,15-,16-,17+,21-,22-,23+/m1/s1. The first-order valence-electron chi connectivity index (χ1n) is 13.7. The zero-order valence-electron chi connectivity index (χ0n) is 24.6. The summed E-state index contributed by atoms with van der Waals surface area (Å²) in [4.78, 5) is 56.8. The molecule has 2 saturated heterocycles. The third-order valence-electron chi connectivity index (χ3n) is 7.27. The van der Waals surface area contributed by atoms with Crippen molar-refractivity contribution in [2.45, 2.75) is 62.1 Å². The van der Waals surface area contributed by atoms with Gasteiger partial charge in [-0.05, 0) is 6.42 Å². The number of fused-ring (bicyclic) bond motifs is 1. The summed E-state index contributed by atoms with van der Waals surface area (Å²) in [5.41, 5.74) is 11.3. The second kappa shape index (κ2) is 13.5. The van der Waals surface area contributed by atoms with Crippen LogP contribution in [0.1, 0.15) is 19.6 Å². The normalized spacial score (nSPS) is 32.9. The molecule has 2 unspecified atom stereocenters. The summed E-state index contributed by atoms with van der Waals surface area (Å²) in [6.45, 7) is -1.42. The monoisotopic (exact) mass is 723 g/mol. The predicted octanol–water partition coefficient (Wildman–Crippen LogP) is -2.80. The van der Waals surface area contributed by atoms with Gasteiger partial charge < -0.3 is 60.8 Å². The number of phosphoric acid groups is 2. The Labute approximate surface area is 269 Å². The molecule has 23 nitrogen and oxygen atoms in total. The maximum absolute atomic E-state index is 12.7. The molecule has 1 amide bonds. The minimum atomic E-state index is -5.64. The number of ether oxygens (including phenoxy) is 3. The van der Waals surface area contributed by atoms with Gasteiger partial charge in [0.25, 0.3) is 5.79 Å². The molecule has 0 aromatic carbocycles. The van der Waals surface area contributed by atoms with Crippen LogP contribution in [0, 0.1) is 0 Å². The zero-order valence-corrected chi connectivity index (χ0v) is 26.4. The average Bonchev–Trinajstić information content (AvgIpc) is 3.64. The summed E-state index contributed by atoms with van der Waals surface area (Å²) in [5, 5.41) is 42.5. The van der Waals surface area contributed by atoms with E-state index >= 15 is 0 Å². The molecular formula is C23H31N7O16P2. The van der Waals surface area contributed by atoms with Gasteiger partial charge in [0.05, 0.1) is 12.9 Å². The number of carbonyl (C=O) groups is 2. The van der Waals surface area contributed by atoms with Crippen molar-refractivity contribution in [3.05, 3.63) is 36.7 Å². The fourth-order valence-electron chi connectivity index (χ4n) is 5.04. The molecule has 10 N–H and O–H groups in total. The molecule has 0 spiro atoms. The van der Waals surface area contributed by atoms with Crippen LogP contribution in [0.5, 0.6) is 0 Å². The second-order valence-corrected chi connectivity index (χ2v) is 13.7. The van der Waals surface area contributed by atoms with Crippen LogP contribution in [0.3, 0.4) is 0 Å². The first-order chi connectivity index (χ1) is 22.4. The van der Waals surface area contributed by atoms with Crippen LogP contribution in [0.4, 0.5) is 5.82 Å². The summed E-state index contributed by atoms with van der Waals surface area (Å²) >= 11 is 0. The summed E-state index contributed by atoms with van der Waals surface area (Å²) in [6.07, 6.45) is -5.07. The number of aromatic nitrogens is 4. The number of rotatable bonds is 12. The number of nitrogens with zero attached hydrogens (tertiary/aromatic N) is 5. The molecule has 48 heavy (non-hydrogen) atoms. The van der Waals surface area contributed by atoms with Gasteiger partial charge in [0, 0.05) is 24.9 Å². The summed E-state index contributed by atoms with van der Waals surface area (Å²) in [5.74, 6) is -4.56. The molecule has 0 aliphatic carbocycles. The van der Waals surface area contributed by atoms with Crippen LogP contribution in [0.25, 0.3) is 11.2 Å². The number of imidazole rings is 1. The molecule has 0 radical (unpaired) electrons. The molecule has 10 atom stereocenters. The van der Waals surface area contributed by atoms with E-state index in [0.717, 1.165) is 24.1 Å². The topological polar surface area (TPSA) is 344 Å². The molecule has 0 bridgehead atoms. The number of nitrogens with two attached hydrogens (primary N) is 2. The number of esters is 1. The number of primary amides is 1. The molecular weight excluding hydrogens is 692 g/mol. The Balaban J connectivity index is 1.23. The molecule has 3 aliphatic heterocycles. The van der Waals surface area contributed by atoms with Crippen LogP contribution in [-0.2, 0) is 46.3 Å². The fourth-order valence-corrected chi connectivity index (χ4v) is 7.14. The molecule has 2 aromatic heterocycles. The Morgan fingerprint density at radius 3 is 2.46 bits per heavy atom. The Bertz CT molecular complexity index is 1720. The zero-order chi connectivity index (χ0) is 35.2. The Morgan fingerprint density at radius 2 is 1.77 bits per heavy atom. The van der Waals surface area contributed by atoms with Crippen molar-refractivity contribution in [3.8, 4) is 0 Å². The highest BCUT2D eigenvalue weighted by Crippen LogP contribution is 2.61. The number of phosphoric ester groups is 2. The third kappa shape index (κ3) is 7.28. The van der Waals surface area contributed by atoms with E-state index in [2.05, 4.69) is 19.3 Å². The maximum atomic E-state index is 12.7. The summed E-state index contributed by atoms with van der Waals surface area (Å²) in [6, 6.07) is 0. The summed E-state index contributed by atoms with van der Waals surface area (Å²) in [7, 11) is -11.2. The number of amides is 1. The Hall–Kier alpha value is -3.41. The Morgan fingerprint density at radius 1 is 1.06 bits per heavy atom. The molecule has 264 valence electrons. The van der Waals surface area contributed by atoms with Gasteiger partial charge in [-0.3, -0.25) is 23.2 Å². The largest absolute Gasteiger partial charge is 0.481 e. The van der Waals surface area contributed by atoms with Crippen molar-refractivity contribution in [2.24, 2.45) is 5.73 Å².